The lowest BCUT2D eigenvalue weighted by Crippen LogP contribution is -2.46. The lowest BCUT2D eigenvalue weighted by atomic mass is 9.51. The molecule has 0 heteroatoms. The van der Waals surface area contributed by atoms with Gasteiger partial charge in [-0.1, -0.05) is 79.7 Å². The average molecular weight is 451 g/mol. The van der Waals surface area contributed by atoms with Crippen molar-refractivity contribution in [2.45, 2.75) is 105 Å². The van der Waals surface area contributed by atoms with Gasteiger partial charge in [0, 0.05) is 0 Å². The molecule has 0 spiro atoms. The van der Waals surface area contributed by atoms with Crippen LogP contribution in [0, 0.1) is 27.7 Å². The number of aryl methyl sites for hydroxylation is 4. The SMILES string of the molecule is Cc1cc2c(cc1C)C(C)(C)C(C)(C)c1cc3c(cc1-2)C(C)(C)C(C)(C)c1cc(C)c(C)cc1-3. The number of rotatable bonds is 0. The van der Waals surface area contributed by atoms with Gasteiger partial charge in [-0.3, -0.25) is 0 Å². The molecular weight excluding hydrogens is 408 g/mol. The van der Waals surface area contributed by atoms with Gasteiger partial charge >= 0.3 is 0 Å². The summed E-state index contributed by atoms with van der Waals surface area (Å²) in [5, 5.41) is 0. The first-order valence-corrected chi connectivity index (χ1v) is 13.0. The largest absolute Gasteiger partial charge is 0.0549 e. The summed E-state index contributed by atoms with van der Waals surface area (Å²) < 4.78 is 0. The fourth-order valence-corrected chi connectivity index (χ4v) is 6.54. The van der Waals surface area contributed by atoms with Crippen LogP contribution in [-0.2, 0) is 21.7 Å². The lowest BCUT2D eigenvalue weighted by Gasteiger charge is -2.52. The second-order valence-electron chi connectivity index (χ2n) is 13.4. The molecule has 3 aromatic rings. The normalized spacial score (nSPS) is 20.1. The summed E-state index contributed by atoms with van der Waals surface area (Å²) in [5.41, 5.74) is 17.4. The molecular formula is C34H42. The monoisotopic (exact) mass is 450 g/mol. The van der Waals surface area contributed by atoms with Gasteiger partial charge in [-0.15, -0.1) is 0 Å². The van der Waals surface area contributed by atoms with Gasteiger partial charge in [-0.05, 0) is 128 Å². The zero-order chi connectivity index (χ0) is 25.2. The minimum atomic E-state index is 0.0169. The van der Waals surface area contributed by atoms with E-state index in [1.807, 2.05) is 0 Å². The molecule has 2 aliphatic carbocycles. The van der Waals surface area contributed by atoms with E-state index in [1.54, 1.807) is 0 Å². The first-order chi connectivity index (χ1) is 15.5. The van der Waals surface area contributed by atoms with Crippen LogP contribution in [0.1, 0.15) is 99.9 Å². The highest BCUT2D eigenvalue weighted by Crippen LogP contribution is 2.60. The van der Waals surface area contributed by atoms with Crippen LogP contribution >= 0.6 is 0 Å². The minimum Gasteiger partial charge on any atom is -0.0549 e. The molecule has 0 saturated heterocycles. The van der Waals surface area contributed by atoms with Crippen LogP contribution in [0.25, 0.3) is 22.3 Å². The number of hydrogen-bond acceptors (Lipinski definition) is 0. The molecule has 0 radical (unpaired) electrons. The van der Waals surface area contributed by atoms with Gasteiger partial charge in [0.05, 0.1) is 0 Å². The van der Waals surface area contributed by atoms with Crippen LogP contribution in [0.2, 0.25) is 0 Å². The minimum absolute atomic E-state index is 0.0169. The maximum absolute atomic E-state index is 2.58. The summed E-state index contributed by atoms with van der Waals surface area (Å²) in [4.78, 5) is 0. The van der Waals surface area contributed by atoms with E-state index >= 15 is 0 Å². The lowest BCUT2D eigenvalue weighted by molar-refractivity contribution is 0.292. The smallest absolute Gasteiger partial charge is 0.000546 e. The average Bonchev–Trinajstić information content (AvgIpc) is 2.74. The zero-order valence-corrected chi connectivity index (χ0v) is 23.5. The van der Waals surface area contributed by atoms with Crippen molar-refractivity contribution in [1.82, 2.24) is 0 Å². The molecule has 0 nitrogen and oxygen atoms in total. The van der Waals surface area contributed by atoms with E-state index in [0.29, 0.717) is 0 Å². The molecule has 0 unspecified atom stereocenters. The fourth-order valence-electron chi connectivity index (χ4n) is 6.54. The number of hydrogen-bond donors (Lipinski definition) is 0. The highest BCUT2D eigenvalue weighted by molar-refractivity contribution is 5.86. The Kier molecular flexibility index (Phi) is 4.58. The van der Waals surface area contributed by atoms with Gasteiger partial charge in [-0.2, -0.15) is 0 Å². The van der Waals surface area contributed by atoms with E-state index in [-0.39, 0.29) is 21.7 Å². The Bertz CT molecular complexity index is 1260. The van der Waals surface area contributed by atoms with Gasteiger partial charge in [0.1, 0.15) is 0 Å². The van der Waals surface area contributed by atoms with Gasteiger partial charge in [-0.25, -0.2) is 0 Å². The van der Waals surface area contributed by atoms with Crippen LogP contribution in [0.5, 0.6) is 0 Å². The van der Waals surface area contributed by atoms with Crippen molar-refractivity contribution < 1.29 is 0 Å². The maximum atomic E-state index is 2.58. The van der Waals surface area contributed by atoms with Crippen molar-refractivity contribution in [2.75, 3.05) is 0 Å². The summed E-state index contributed by atoms with van der Waals surface area (Å²) >= 11 is 0. The first-order valence-electron chi connectivity index (χ1n) is 13.0. The van der Waals surface area contributed by atoms with Crippen molar-refractivity contribution in [2.24, 2.45) is 0 Å². The second-order valence-corrected chi connectivity index (χ2v) is 13.4. The molecule has 2 aliphatic rings. The van der Waals surface area contributed by atoms with E-state index in [0.717, 1.165) is 0 Å². The van der Waals surface area contributed by atoms with E-state index in [9.17, 15) is 0 Å². The molecule has 34 heavy (non-hydrogen) atoms. The van der Waals surface area contributed by atoms with Crippen LogP contribution < -0.4 is 0 Å². The van der Waals surface area contributed by atoms with Crippen molar-refractivity contribution in [3.63, 3.8) is 0 Å². The first kappa shape index (κ1) is 23.4. The van der Waals surface area contributed by atoms with Crippen LogP contribution in [0.15, 0.2) is 36.4 Å². The fraction of sp³-hybridized carbons (Fsp3) is 0.471. The van der Waals surface area contributed by atoms with E-state index in [2.05, 4.69) is 119 Å². The Hall–Kier alpha value is -2.34. The third kappa shape index (κ3) is 2.66. The maximum Gasteiger partial charge on any atom is -0.000546 e. The molecule has 5 rings (SSSR count). The molecule has 0 aromatic heterocycles. The predicted octanol–water partition coefficient (Wildman–Crippen LogP) is 9.39. The topological polar surface area (TPSA) is 0 Å². The molecule has 0 N–H and O–H groups in total. The van der Waals surface area contributed by atoms with Crippen LogP contribution in [0.3, 0.4) is 0 Å². The Balaban J connectivity index is 1.94. The van der Waals surface area contributed by atoms with Gasteiger partial charge in [0.2, 0.25) is 0 Å². The number of benzene rings is 3. The molecule has 0 aliphatic heterocycles. The van der Waals surface area contributed by atoms with Gasteiger partial charge in [0.25, 0.3) is 0 Å². The molecule has 0 atom stereocenters. The Morgan fingerprint density at radius 1 is 0.324 bits per heavy atom. The van der Waals surface area contributed by atoms with Gasteiger partial charge < -0.3 is 0 Å². The summed E-state index contributed by atoms with van der Waals surface area (Å²) in [5.74, 6) is 0. The predicted molar refractivity (Wildman–Crippen MR) is 148 cm³/mol. The molecule has 0 fully saturated rings. The van der Waals surface area contributed by atoms with Crippen molar-refractivity contribution >= 4 is 0 Å². The summed E-state index contributed by atoms with van der Waals surface area (Å²) in [6, 6.07) is 15.0. The Labute approximate surface area is 207 Å². The van der Waals surface area contributed by atoms with Crippen LogP contribution in [-0.4, -0.2) is 0 Å². The summed E-state index contributed by atoms with van der Waals surface area (Å²) in [7, 11) is 0. The van der Waals surface area contributed by atoms with Gasteiger partial charge in [0.15, 0.2) is 0 Å². The van der Waals surface area contributed by atoms with Crippen molar-refractivity contribution in [3.05, 3.63) is 80.9 Å². The molecule has 0 amide bonds. The molecule has 0 heterocycles. The third-order valence-corrected chi connectivity index (χ3v) is 10.8. The van der Waals surface area contributed by atoms with E-state index < -0.39 is 0 Å². The molecule has 0 bridgehead atoms. The summed E-state index contributed by atoms with van der Waals surface area (Å²) in [6.07, 6.45) is 0. The molecule has 3 aromatic carbocycles. The second kappa shape index (κ2) is 6.66. The van der Waals surface area contributed by atoms with E-state index in [1.165, 1.54) is 66.8 Å². The zero-order valence-electron chi connectivity index (χ0n) is 23.5. The van der Waals surface area contributed by atoms with Crippen LogP contribution in [0.4, 0.5) is 0 Å². The Morgan fingerprint density at radius 3 is 0.824 bits per heavy atom. The summed E-state index contributed by atoms with van der Waals surface area (Å²) in [6.45, 7) is 28.6. The van der Waals surface area contributed by atoms with Crippen molar-refractivity contribution in [1.29, 1.82) is 0 Å². The van der Waals surface area contributed by atoms with E-state index in [4.69, 9.17) is 0 Å². The highest BCUT2D eigenvalue weighted by atomic mass is 14.5. The molecule has 0 saturated carbocycles. The quantitative estimate of drug-likeness (QED) is 0.320. The molecule has 178 valence electrons. The highest BCUT2D eigenvalue weighted by Gasteiger charge is 2.50. The standard InChI is InChI=1S/C34H42/c1-19-13-23-25-17-30-26(18-29(25)33(9,10)31(5,6)27(23)15-21(19)3)24-14-20(2)22(4)16-28(24)32(7,8)34(30,11)12/h13-18H,1-12H3. The Morgan fingerprint density at radius 2 is 0.529 bits per heavy atom. The number of fused-ring (bicyclic) bond motifs is 6. The van der Waals surface area contributed by atoms with Crippen molar-refractivity contribution in [3.8, 4) is 22.3 Å². The third-order valence-electron chi connectivity index (χ3n) is 10.8.